The lowest BCUT2D eigenvalue weighted by Crippen LogP contribution is -2.35. The van der Waals surface area contributed by atoms with Gasteiger partial charge >= 0.3 is 0 Å². The van der Waals surface area contributed by atoms with Gasteiger partial charge in [-0.2, -0.15) is 0 Å². The molecule has 120 valence electrons. The Morgan fingerprint density at radius 2 is 1.52 bits per heavy atom. The molecule has 1 aromatic rings. The Hall–Kier alpha value is -1.02. The van der Waals surface area contributed by atoms with E-state index in [0.717, 1.165) is 36.5 Å². The first-order valence-electron chi connectivity index (χ1n) is 8.30. The van der Waals surface area contributed by atoms with Gasteiger partial charge in [-0.3, -0.25) is 0 Å². The van der Waals surface area contributed by atoms with E-state index in [0.29, 0.717) is 6.04 Å². The predicted octanol–water partition coefficient (Wildman–Crippen LogP) is 4.53. The van der Waals surface area contributed by atoms with E-state index in [1.807, 2.05) is 12.1 Å². The molecular formula is C19H33NO. The second-order valence-electron chi connectivity index (χ2n) is 6.85. The average molecular weight is 291 g/mol. The molecule has 0 aromatic heterocycles. The Bertz CT molecular complexity index is 375. The summed E-state index contributed by atoms with van der Waals surface area (Å²) in [6.07, 6.45) is 2.29. The van der Waals surface area contributed by atoms with Gasteiger partial charge in [0.15, 0.2) is 0 Å². The molecule has 2 heteroatoms. The van der Waals surface area contributed by atoms with Crippen LogP contribution in [0.1, 0.15) is 46.6 Å². The molecule has 0 bridgehead atoms. The third-order valence-corrected chi connectivity index (χ3v) is 4.44. The summed E-state index contributed by atoms with van der Waals surface area (Å²) in [6, 6.07) is 8.97. The number of aryl methyl sites for hydroxylation is 1. The Balaban J connectivity index is 2.34. The zero-order chi connectivity index (χ0) is 15.8. The van der Waals surface area contributed by atoms with Crippen LogP contribution in [0.5, 0.6) is 5.75 Å². The van der Waals surface area contributed by atoms with Crippen molar-refractivity contribution >= 4 is 0 Å². The van der Waals surface area contributed by atoms with Crippen LogP contribution in [-0.2, 0) is 6.42 Å². The highest BCUT2D eigenvalue weighted by Gasteiger charge is 2.17. The minimum absolute atomic E-state index is 0.562. The van der Waals surface area contributed by atoms with Gasteiger partial charge in [0.05, 0.1) is 7.11 Å². The number of rotatable bonds is 9. The number of nitrogens with one attached hydrogen (secondary N) is 1. The van der Waals surface area contributed by atoms with Crippen molar-refractivity contribution in [2.24, 2.45) is 17.8 Å². The minimum atomic E-state index is 0.562. The van der Waals surface area contributed by atoms with E-state index in [4.69, 9.17) is 4.74 Å². The molecule has 0 aliphatic rings. The summed E-state index contributed by atoms with van der Waals surface area (Å²) in [6.45, 7) is 12.7. The zero-order valence-electron chi connectivity index (χ0n) is 14.6. The van der Waals surface area contributed by atoms with E-state index < -0.39 is 0 Å². The summed E-state index contributed by atoms with van der Waals surface area (Å²) >= 11 is 0. The highest BCUT2D eigenvalue weighted by atomic mass is 16.5. The van der Waals surface area contributed by atoms with Crippen molar-refractivity contribution in [3.8, 4) is 5.75 Å². The summed E-state index contributed by atoms with van der Waals surface area (Å²) in [5.74, 6) is 3.17. The second-order valence-corrected chi connectivity index (χ2v) is 6.85. The molecule has 0 radical (unpaired) electrons. The van der Waals surface area contributed by atoms with E-state index in [9.17, 15) is 0 Å². The summed E-state index contributed by atoms with van der Waals surface area (Å²) < 4.78 is 5.19. The number of ether oxygens (including phenoxy) is 1. The first-order valence-corrected chi connectivity index (χ1v) is 8.30. The van der Waals surface area contributed by atoms with E-state index >= 15 is 0 Å². The second kappa shape index (κ2) is 9.09. The Morgan fingerprint density at radius 3 is 2.00 bits per heavy atom. The third kappa shape index (κ3) is 6.52. The van der Waals surface area contributed by atoms with Gasteiger partial charge in [-0.05, 0) is 61.8 Å². The summed E-state index contributed by atoms with van der Waals surface area (Å²) in [7, 11) is 1.71. The van der Waals surface area contributed by atoms with Crippen molar-refractivity contribution in [1.29, 1.82) is 0 Å². The van der Waals surface area contributed by atoms with Crippen molar-refractivity contribution in [3.63, 3.8) is 0 Å². The average Bonchev–Trinajstić information content (AvgIpc) is 2.45. The lowest BCUT2D eigenvalue weighted by Gasteiger charge is -2.27. The lowest BCUT2D eigenvalue weighted by molar-refractivity contribution is 0.265. The van der Waals surface area contributed by atoms with Gasteiger partial charge in [0.25, 0.3) is 0 Å². The van der Waals surface area contributed by atoms with Gasteiger partial charge in [-0.25, -0.2) is 0 Å². The van der Waals surface area contributed by atoms with Crippen LogP contribution in [0.3, 0.4) is 0 Å². The van der Waals surface area contributed by atoms with Gasteiger partial charge in [0, 0.05) is 6.04 Å². The Kier molecular flexibility index (Phi) is 7.81. The smallest absolute Gasteiger partial charge is 0.118 e. The largest absolute Gasteiger partial charge is 0.497 e. The van der Waals surface area contributed by atoms with Crippen molar-refractivity contribution in [3.05, 3.63) is 29.8 Å². The van der Waals surface area contributed by atoms with E-state index in [-0.39, 0.29) is 0 Å². The van der Waals surface area contributed by atoms with Gasteiger partial charge in [-0.1, -0.05) is 39.8 Å². The molecule has 0 fully saturated rings. The van der Waals surface area contributed by atoms with Crippen LogP contribution in [-0.4, -0.2) is 19.7 Å². The molecule has 0 amide bonds. The monoisotopic (exact) mass is 291 g/mol. The standard InChI is InChI=1S/C19H33NO/c1-14(2)19(15(3)4)13-20-16(5)7-8-17-9-11-18(21-6)12-10-17/h9-12,14-16,19-20H,7-8,13H2,1-6H3. The molecule has 1 rings (SSSR count). The first kappa shape index (κ1) is 18.0. The van der Waals surface area contributed by atoms with Crippen LogP contribution in [0.15, 0.2) is 24.3 Å². The van der Waals surface area contributed by atoms with Gasteiger partial charge in [-0.15, -0.1) is 0 Å². The molecular weight excluding hydrogens is 258 g/mol. The highest BCUT2D eigenvalue weighted by molar-refractivity contribution is 5.27. The normalized spacial score (nSPS) is 13.2. The molecule has 1 atom stereocenters. The molecule has 1 unspecified atom stereocenters. The molecule has 1 aromatic carbocycles. The maximum absolute atomic E-state index is 5.19. The molecule has 2 nitrogen and oxygen atoms in total. The van der Waals surface area contributed by atoms with Crippen LogP contribution in [0.4, 0.5) is 0 Å². The number of hydrogen-bond donors (Lipinski definition) is 1. The van der Waals surface area contributed by atoms with E-state index in [1.54, 1.807) is 7.11 Å². The van der Waals surface area contributed by atoms with Crippen LogP contribution in [0, 0.1) is 17.8 Å². The maximum Gasteiger partial charge on any atom is 0.118 e. The SMILES string of the molecule is COc1ccc(CCC(C)NCC(C(C)C)C(C)C)cc1. The molecule has 0 saturated carbocycles. The predicted molar refractivity (Wildman–Crippen MR) is 91.9 cm³/mol. The summed E-state index contributed by atoms with van der Waals surface area (Å²) in [5.41, 5.74) is 1.38. The molecule has 0 saturated heterocycles. The summed E-state index contributed by atoms with van der Waals surface area (Å²) in [5, 5.41) is 3.71. The van der Waals surface area contributed by atoms with Crippen molar-refractivity contribution in [1.82, 2.24) is 5.32 Å². The van der Waals surface area contributed by atoms with Crippen molar-refractivity contribution in [2.45, 2.75) is 53.5 Å². The fraction of sp³-hybridized carbons (Fsp3) is 0.684. The summed E-state index contributed by atoms with van der Waals surface area (Å²) in [4.78, 5) is 0. The molecule has 1 N–H and O–H groups in total. The van der Waals surface area contributed by atoms with E-state index in [2.05, 4.69) is 52.1 Å². The number of hydrogen-bond acceptors (Lipinski definition) is 2. The van der Waals surface area contributed by atoms with Crippen LogP contribution in [0.2, 0.25) is 0 Å². The van der Waals surface area contributed by atoms with Crippen molar-refractivity contribution < 1.29 is 4.74 Å². The van der Waals surface area contributed by atoms with Crippen LogP contribution >= 0.6 is 0 Å². The Labute approximate surface area is 131 Å². The quantitative estimate of drug-likeness (QED) is 0.721. The Morgan fingerprint density at radius 1 is 0.952 bits per heavy atom. The molecule has 0 heterocycles. The maximum atomic E-state index is 5.19. The molecule has 0 spiro atoms. The minimum Gasteiger partial charge on any atom is -0.497 e. The van der Waals surface area contributed by atoms with Crippen LogP contribution in [0.25, 0.3) is 0 Å². The van der Waals surface area contributed by atoms with Gasteiger partial charge in [0.2, 0.25) is 0 Å². The molecule has 0 aliphatic heterocycles. The molecule has 0 aliphatic carbocycles. The van der Waals surface area contributed by atoms with Gasteiger partial charge < -0.3 is 10.1 Å². The number of methoxy groups -OCH3 is 1. The topological polar surface area (TPSA) is 21.3 Å². The fourth-order valence-electron chi connectivity index (χ4n) is 2.86. The van der Waals surface area contributed by atoms with Crippen molar-refractivity contribution in [2.75, 3.05) is 13.7 Å². The van der Waals surface area contributed by atoms with Gasteiger partial charge in [0.1, 0.15) is 5.75 Å². The van der Waals surface area contributed by atoms with E-state index in [1.165, 1.54) is 12.0 Å². The third-order valence-electron chi connectivity index (χ3n) is 4.44. The first-order chi connectivity index (χ1) is 9.93. The lowest BCUT2D eigenvalue weighted by atomic mass is 9.85. The molecule has 21 heavy (non-hydrogen) atoms. The highest BCUT2D eigenvalue weighted by Crippen LogP contribution is 2.20. The fourth-order valence-corrected chi connectivity index (χ4v) is 2.86. The number of benzene rings is 1. The zero-order valence-corrected chi connectivity index (χ0v) is 14.6. The van der Waals surface area contributed by atoms with Crippen LogP contribution < -0.4 is 10.1 Å².